The van der Waals surface area contributed by atoms with Crippen LogP contribution in [0.15, 0.2) is 29.2 Å². The molecule has 0 saturated carbocycles. The lowest BCUT2D eigenvalue weighted by molar-refractivity contribution is -0.121. The second-order valence-corrected chi connectivity index (χ2v) is 6.92. The van der Waals surface area contributed by atoms with Crippen molar-refractivity contribution in [1.82, 2.24) is 10.6 Å². The minimum atomic E-state index is -3.20. The van der Waals surface area contributed by atoms with Gasteiger partial charge in [-0.1, -0.05) is 18.2 Å². The normalized spacial score (nSPS) is 19.2. The molecule has 0 saturated heterocycles. The van der Waals surface area contributed by atoms with Crippen molar-refractivity contribution in [3.8, 4) is 0 Å². The summed E-state index contributed by atoms with van der Waals surface area (Å²) in [6.07, 6.45) is 0.308. The summed E-state index contributed by atoms with van der Waals surface area (Å²) < 4.78 is 28.8. The van der Waals surface area contributed by atoms with E-state index >= 15 is 0 Å². The average molecular weight is 312 g/mol. The fourth-order valence-electron chi connectivity index (χ4n) is 2.36. The van der Waals surface area contributed by atoms with Crippen LogP contribution in [0.4, 0.5) is 0 Å². The van der Waals surface area contributed by atoms with Crippen molar-refractivity contribution in [1.29, 1.82) is 0 Å². The number of nitrogens with one attached hydrogen (secondary N) is 2. The number of amides is 1. The van der Waals surface area contributed by atoms with E-state index in [2.05, 4.69) is 10.6 Å². The Kier molecular flexibility index (Phi) is 5.33. The molecule has 0 radical (unpaired) electrons. The van der Waals surface area contributed by atoms with Crippen LogP contribution >= 0.6 is 0 Å². The van der Waals surface area contributed by atoms with Gasteiger partial charge in [0.15, 0.2) is 9.84 Å². The quantitative estimate of drug-likeness (QED) is 0.706. The molecule has 1 aliphatic rings. The monoisotopic (exact) mass is 312 g/mol. The molecule has 0 fully saturated rings. The smallest absolute Gasteiger partial charge is 0.221 e. The van der Waals surface area contributed by atoms with Crippen LogP contribution < -0.4 is 10.6 Å². The fourth-order valence-corrected chi connectivity index (χ4v) is 4.13. The van der Waals surface area contributed by atoms with Crippen LogP contribution in [0.3, 0.4) is 0 Å². The highest BCUT2D eigenvalue weighted by Crippen LogP contribution is 2.32. The number of ether oxygens (including phenoxy) is 1. The summed E-state index contributed by atoms with van der Waals surface area (Å²) in [6.45, 7) is 1.40. The third-order valence-electron chi connectivity index (χ3n) is 3.39. The van der Waals surface area contributed by atoms with Crippen LogP contribution in [0.5, 0.6) is 0 Å². The van der Waals surface area contributed by atoms with Crippen LogP contribution in [0.2, 0.25) is 0 Å². The van der Waals surface area contributed by atoms with Crippen molar-refractivity contribution in [2.24, 2.45) is 0 Å². The first-order valence-electron chi connectivity index (χ1n) is 6.85. The van der Waals surface area contributed by atoms with Crippen molar-refractivity contribution >= 4 is 15.7 Å². The molecule has 21 heavy (non-hydrogen) atoms. The number of fused-ring (bicyclic) bond motifs is 1. The number of hydrogen-bond donors (Lipinski definition) is 2. The second-order valence-electron chi connectivity index (χ2n) is 4.92. The molecule has 0 bridgehead atoms. The Morgan fingerprint density at radius 1 is 1.33 bits per heavy atom. The lowest BCUT2D eigenvalue weighted by atomic mass is 10.1. The largest absolute Gasteiger partial charge is 0.383 e. The Balaban J connectivity index is 1.84. The standard InChI is InChI=1S/C14H20N2O4S/c1-20-9-8-16-14(17)6-7-15-12-10-21(18,19)13-5-3-2-4-11(12)13/h2-5,12,15H,6-10H2,1H3,(H,16,17). The summed E-state index contributed by atoms with van der Waals surface area (Å²) in [5.74, 6) is -0.0221. The topological polar surface area (TPSA) is 84.5 Å². The van der Waals surface area contributed by atoms with Gasteiger partial charge in [-0.25, -0.2) is 8.42 Å². The predicted molar refractivity (Wildman–Crippen MR) is 78.7 cm³/mol. The minimum Gasteiger partial charge on any atom is -0.383 e. The van der Waals surface area contributed by atoms with E-state index in [1.807, 2.05) is 12.1 Å². The zero-order valence-corrected chi connectivity index (χ0v) is 12.8. The van der Waals surface area contributed by atoms with Gasteiger partial charge >= 0.3 is 0 Å². The molecule has 1 aromatic carbocycles. The average Bonchev–Trinajstić information content (AvgIpc) is 2.71. The Morgan fingerprint density at radius 2 is 2.10 bits per heavy atom. The summed E-state index contributed by atoms with van der Waals surface area (Å²) in [4.78, 5) is 11.9. The molecule has 0 aliphatic carbocycles. The highest BCUT2D eigenvalue weighted by atomic mass is 32.2. The van der Waals surface area contributed by atoms with Gasteiger partial charge in [-0.3, -0.25) is 4.79 Å². The lowest BCUT2D eigenvalue weighted by Crippen LogP contribution is -2.31. The summed E-state index contributed by atoms with van der Waals surface area (Å²) in [7, 11) is -1.63. The molecule has 116 valence electrons. The molecule has 1 amide bonds. The van der Waals surface area contributed by atoms with E-state index in [4.69, 9.17) is 4.74 Å². The Bertz CT molecular complexity index is 601. The van der Waals surface area contributed by atoms with Gasteiger partial charge in [0.25, 0.3) is 0 Å². The zero-order chi connectivity index (χ0) is 15.3. The van der Waals surface area contributed by atoms with Gasteiger partial charge < -0.3 is 15.4 Å². The van der Waals surface area contributed by atoms with Gasteiger partial charge in [-0.15, -0.1) is 0 Å². The fraction of sp³-hybridized carbons (Fsp3) is 0.500. The van der Waals surface area contributed by atoms with Gasteiger partial charge in [-0.05, 0) is 11.6 Å². The molecule has 1 unspecified atom stereocenters. The summed E-state index contributed by atoms with van der Waals surface area (Å²) >= 11 is 0. The second kappa shape index (κ2) is 7.02. The van der Waals surface area contributed by atoms with Gasteiger partial charge in [0, 0.05) is 32.7 Å². The molecule has 2 N–H and O–H groups in total. The molecule has 2 rings (SSSR count). The van der Waals surface area contributed by atoms with Gasteiger partial charge in [0.1, 0.15) is 0 Å². The van der Waals surface area contributed by atoms with E-state index in [0.717, 1.165) is 5.56 Å². The molecule has 6 nitrogen and oxygen atoms in total. The molecule has 0 spiro atoms. The maximum absolute atomic E-state index is 12.0. The summed E-state index contributed by atoms with van der Waals surface area (Å²) in [5, 5.41) is 5.87. The van der Waals surface area contributed by atoms with E-state index in [-0.39, 0.29) is 17.7 Å². The molecule has 1 atom stereocenters. The van der Waals surface area contributed by atoms with E-state index in [9.17, 15) is 13.2 Å². The first kappa shape index (κ1) is 15.9. The molecule has 0 aromatic heterocycles. The Morgan fingerprint density at radius 3 is 2.86 bits per heavy atom. The third-order valence-corrected chi connectivity index (χ3v) is 5.20. The summed E-state index contributed by atoms with van der Waals surface area (Å²) in [6, 6.07) is 6.76. The van der Waals surface area contributed by atoms with Gasteiger partial charge in [0.2, 0.25) is 5.91 Å². The first-order valence-corrected chi connectivity index (χ1v) is 8.50. The summed E-state index contributed by atoms with van der Waals surface area (Å²) in [5.41, 5.74) is 0.789. The number of hydrogen-bond acceptors (Lipinski definition) is 5. The molecular formula is C14H20N2O4S. The Labute approximate surface area is 124 Å². The number of carbonyl (C=O) groups is 1. The van der Waals surface area contributed by atoms with Gasteiger partial charge in [0.05, 0.1) is 17.3 Å². The lowest BCUT2D eigenvalue weighted by Gasteiger charge is -2.12. The first-order chi connectivity index (χ1) is 10.0. The number of rotatable bonds is 7. The Hall–Kier alpha value is -1.44. The van der Waals surface area contributed by atoms with E-state index in [0.29, 0.717) is 31.0 Å². The van der Waals surface area contributed by atoms with E-state index in [1.54, 1.807) is 19.2 Å². The van der Waals surface area contributed by atoms with Crippen molar-refractivity contribution in [2.75, 3.05) is 32.6 Å². The van der Waals surface area contributed by atoms with E-state index in [1.165, 1.54) is 0 Å². The number of sulfone groups is 1. The van der Waals surface area contributed by atoms with E-state index < -0.39 is 9.84 Å². The SMILES string of the molecule is COCCNC(=O)CCNC1CS(=O)(=O)c2ccccc21. The van der Waals surface area contributed by atoms with Crippen LogP contribution in [0.1, 0.15) is 18.0 Å². The van der Waals surface area contributed by atoms with Gasteiger partial charge in [-0.2, -0.15) is 0 Å². The van der Waals surface area contributed by atoms with Crippen molar-refractivity contribution in [3.63, 3.8) is 0 Å². The maximum atomic E-state index is 12.0. The number of carbonyl (C=O) groups excluding carboxylic acids is 1. The van der Waals surface area contributed by atoms with Crippen LogP contribution in [0, 0.1) is 0 Å². The molecule has 1 aliphatic heterocycles. The zero-order valence-electron chi connectivity index (χ0n) is 12.0. The van der Waals surface area contributed by atoms with Crippen LogP contribution in [-0.2, 0) is 19.4 Å². The maximum Gasteiger partial charge on any atom is 0.221 e. The predicted octanol–water partition coefficient (Wildman–Crippen LogP) is 0.257. The number of methoxy groups -OCH3 is 1. The molecule has 1 aromatic rings. The van der Waals surface area contributed by atoms with Crippen LogP contribution in [-0.4, -0.2) is 46.9 Å². The molecule has 7 heteroatoms. The highest BCUT2D eigenvalue weighted by Gasteiger charge is 2.33. The highest BCUT2D eigenvalue weighted by molar-refractivity contribution is 7.91. The minimum absolute atomic E-state index is 0.0532. The van der Waals surface area contributed by atoms with Crippen LogP contribution in [0.25, 0.3) is 0 Å². The van der Waals surface area contributed by atoms with Crippen molar-refractivity contribution in [2.45, 2.75) is 17.4 Å². The molecule has 1 heterocycles. The van der Waals surface area contributed by atoms with Crippen molar-refractivity contribution < 1.29 is 17.9 Å². The molecular weight excluding hydrogens is 292 g/mol. The number of benzene rings is 1. The van der Waals surface area contributed by atoms with Crippen molar-refractivity contribution in [3.05, 3.63) is 29.8 Å². The third kappa shape index (κ3) is 4.03.